The first-order valence-corrected chi connectivity index (χ1v) is 18.0. The number of likely N-dealkylation sites (tertiary alicyclic amines) is 1. The van der Waals surface area contributed by atoms with Gasteiger partial charge >= 0.3 is 0 Å². The summed E-state index contributed by atoms with van der Waals surface area (Å²) in [6.45, 7) is 5.17. The molecule has 1 saturated heterocycles. The zero-order valence-corrected chi connectivity index (χ0v) is 29.7. The summed E-state index contributed by atoms with van der Waals surface area (Å²) in [7, 11) is 17.4. The number of hydrogen-bond donors (Lipinski definition) is 3. The highest BCUT2D eigenvalue weighted by Crippen LogP contribution is 2.49. The topological polar surface area (TPSA) is 150 Å². The molecule has 1 saturated carbocycles. The summed E-state index contributed by atoms with van der Waals surface area (Å²) >= 11 is 0. The number of carbonyl (C=O) groups excluding carboxylic acids is 2. The van der Waals surface area contributed by atoms with Crippen LogP contribution in [-0.2, 0) is 20.9 Å². The van der Waals surface area contributed by atoms with Crippen LogP contribution in [0.25, 0.3) is 11.1 Å². The third-order valence-electron chi connectivity index (χ3n) is 9.43. The second kappa shape index (κ2) is 14.4. The summed E-state index contributed by atoms with van der Waals surface area (Å²) in [5, 5.41) is 21.3. The van der Waals surface area contributed by atoms with Gasteiger partial charge in [0.05, 0.1) is 67.5 Å². The Morgan fingerprint density at radius 1 is 1.08 bits per heavy atom. The maximum atomic E-state index is 12.6. The maximum Gasteiger partial charge on any atom is 0.273 e. The normalized spacial score (nSPS) is 17.7. The molecule has 3 aromatic heterocycles. The van der Waals surface area contributed by atoms with Crippen LogP contribution in [0.15, 0.2) is 53.7 Å². The standard InChI is InChI=1S/C30H34B2N10O2S.C4H6O/c1-6-45(44)25-12-8-11-23(37-25)30(31,32)41-15-18(16-41)42-27-17(2)40(5)28-19(20(27)14-35-42)9-7-10-21(28)36-22-13-24(33-3)38-39-26(22)29(43)34-4;5-3-4-1-2-4/h7-14,17-18H,6,15-16H2,1-5H3,(H,34,43)(H2,33,36,38);3-4H,1-2H2. The van der Waals surface area contributed by atoms with E-state index >= 15 is 0 Å². The van der Waals surface area contributed by atoms with Gasteiger partial charge in [-0.05, 0) is 43.3 Å². The van der Waals surface area contributed by atoms with Gasteiger partial charge in [0, 0.05) is 68.8 Å². The third kappa shape index (κ3) is 6.65. The number of carbonyl (C=O) groups is 2. The van der Waals surface area contributed by atoms with Crippen LogP contribution in [-0.4, -0.2) is 102 Å². The van der Waals surface area contributed by atoms with Gasteiger partial charge in [0.2, 0.25) is 0 Å². The zero-order valence-electron chi connectivity index (χ0n) is 28.9. The molecule has 256 valence electrons. The van der Waals surface area contributed by atoms with Crippen molar-refractivity contribution in [1.82, 2.24) is 35.2 Å². The van der Waals surface area contributed by atoms with Crippen molar-refractivity contribution in [2.24, 2.45) is 5.92 Å². The Bertz CT molecular complexity index is 1930. The molecule has 1 amide bonds. The number of pyridine rings is 1. The number of nitrogens with one attached hydrogen (secondary N) is 3. The number of anilines is 4. The van der Waals surface area contributed by atoms with Gasteiger partial charge in [0.25, 0.3) is 5.91 Å². The molecule has 3 aliphatic rings. The molecular weight excluding hydrogens is 650 g/mol. The van der Waals surface area contributed by atoms with E-state index in [-0.39, 0.29) is 23.7 Å². The van der Waals surface area contributed by atoms with Gasteiger partial charge in [-0.2, -0.15) is 5.10 Å². The molecule has 4 aromatic rings. The smallest absolute Gasteiger partial charge is 0.273 e. The summed E-state index contributed by atoms with van der Waals surface area (Å²) in [4.78, 5) is 30.9. The van der Waals surface area contributed by atoms with Gasteiger partial charge in [-0.25, -0.2) is 4.98 Å². The van der Waals surface area contributed by atoms with Gasteiger partial charge in [-0.1, -0.05) is 25.1 Å². The highest BCUT2D eigenvalue weighted by atomic mass is 32.2. The fraction of sp³-hybridized carbons (Fsp3) is 0.412. The van der Waals surface area contributed by atoms with Crippen molar-refractivity contribution in [3.8, 4) is 11.1 Å². The number of fused-ring (bicyclic) bond motifs is 3. The van der Waals surface area contributed by atoms with E-state index in [0.29, 0.717) is 47.0 Å². The first kappa shape index (κ1) is 35.3. The van der Waals surface area contributed by atoms with Gasteiger partial charge in [0.1, 0.15) is 11.3 Å². The van der Waals surface area contributed by atoms with Crippen LogP contribution in [0.4, 0.5) is 22.9 Å². The Balaban J connectivity index is 0.000000794. The van der Waals surface area contributed by atoms with Crippen molar-refractivity contribution in [3.05, 3.63) is 65.7 Å². The van der Waals surface area contributed by atoms with Crippen molar-refractivity contribution >= 4 is 61.6 Å². The second-order valence-electron chi connectivity index (χ2n) is 12.7. The number of para-hydroxylation sites is 1. The van der Waals surface area contributed by atoms with Crippen LogP contribution >= 0.6 is 0 Å². The Morgan fingerprint density at radius 2 is 1.82 bits per heavy atom. The van der Waals surface area contributed by atoms with Crippen LogP contribution in [0.1, 0.15) is 60.6 Å². The molecule has 4 radical (unpaired) electrons. The molecule has 5 heterocycles. The van der Waals surface area contributed by atoms with Crippen molar-refractivity contribution < 1.29 is 13.8 Å². The Kier molecular flexibility index (Phi) is 10.1. The molecule has 2 atom stereocenters. The molecule has 50 heavy (non-hydrogen) atoms. The maximum absolute atomic E-state index is 12.6. The molecule has 7 rings (SSSR count). The van der Waals surface area contributed by atoms with E-state index in [4.69, 9.17) is 20.8 Å². The van der Waals surface area contributed by atoms with E-state index in [9.17, 15) is 13.8 Å². The monoisotopic (exact) mass is 690 g/mol. The van der Waals surface area contributed by atoms with Crippen molar-refractivity contribution in [3.63, 3.8) is 0 Å². The second-order valence-corrected chi connectivity index (χ2v) is 14.4. The molecule has 1 aromatic carbocycles. The third-order valence-corrected chi connectivity index (χ3v) is 10.6. The molecule has 13 nitrogen and oxygen atoms in total. The van der Waals surface area contributed by atoms with Gasteiger partial charge in [0.15, 0.2) is 11.5 Å². The summed E-state index contributed by atoms with van der Waals surface area (Å²) in [6, 6.07) is 13.2. The van der Waals surface area contributed by atoms with Crippen LogP contribution in [0.5, 0.6) is 0 Å². The molecule has 1 aliphatic carbocycles. The molecule has 2 unspecified atom stereocenters. The lowest BCUT2D eigenvalue weighted by Crippen LogP contribution is -2.60. The minimum absolute atomic E-state index is 0.0169. The van der Waals surface area contributed by atoms with Crippen LogP contribution in [0, 0.1) is 5.92 Å². The van der Waals surface area contributed by atoms with E-state index in [0.717, 1.165) is 47.3 Å². The number of hydrogen-bond acceptors (Lipinski definition) is 11. The molecule has 2 fully saturated rings. The average molecular weight is 690 g/mol. The summed E-state index contributed by atoms with van der Waals surface area (Å²) < 4.78 is 14.4. The fourth-order valence-electron chi connectivity index (χ4n) is 6.16. The van der Waals surface area contributed by atoms with E-state index in [1.165, 1.54) is 0 Å². The number of nitrogens with zero attached hydrogens (tertiary/aromatic N) is 7. The number of benzene rings is 1. The van der Waals surface area contributed by atoms with E-state index in [2.05, 4.69) is 60.8 Å². The van der Waals surface area contributed by atoms with Crippen molar-refractivity contribution in [2.45, 2.75) is 49.1 Å². The highest BCUT2D eigenvalue weighted by molar-refractivity contribution is 7.84. The van der Waals surface area contributed by atoms with E-state index < -0.39 is 16.1 Å². The lowest BCUT2D eigenvalue weighted by Gasteiger charge is -2.50. The molecular formula is C34H40B2N10O3S. The molecule has 16 heteroatoms. The molecule has 0 bridgehead atoms. The minimum atomic E-state index is -1.31. The number of amides is 1. The summed E-state index contributed by atoms with van der Waals surface area (Å²) in [6.07, 6.45) is 5.23. The number of aldehydes is 1. The Hall–Kier alpha value is -4.56. The van der Waals surface area contributed by atoms with Gasteiger partial charge < -0.3 is 30.5 Å². The van der Waals surface area contributed by atoms with Gasteiger partial charge in [-0.3, -0.25) is 13.7 Å². The first-order chi connectivity index (χ1) is 24.0. The van der Waals surface area contributed by atoms with Crippen LogP contribution in [0.2, 0.25) is 0 Å². The number of aromatic nitrogens is 5. The largest absolute Gasteiger partial charge is 0.372 e. The predicted molar refractivity (Wildman–Crippen MR) is 197 cm³/mol. The zero-order chi connectivity index (χ0) is 35.7. The van der Waals surface area contributed by atoms with Gasteiger partial charge in [-0.15, -0.1) is 10.2 Å². The van der Waals surface area contributed by atoms with Crippen LogP contribution in [0.3, 0.4) is 0 Å². The summed E-state index contributed by atoms with van der Waals surface area (Å²) in [5.41, 5.74) is 6.17. The van der Waals surface area contributed by atoms with E-state index in [1.807, 2.05) is 30.2 Å². The molecule has 0 spiro atoms. The summed E-state index contributed by atoms with van der Waals surface area (Å²) in [5.74, 6) is 1.12. The molecule has 2 aliphatic heterocycles. The van der Waals surface area contributed by atoms with Crippen molar-refractivity contribution in [2.75, 3.05) is 55.5 Å². The SMILES string of the molecule is O=CC1CC1.[B]C([B])(c1cccc(S(=O)CC)n1)N1CC(n2ncc3c2C(C)N(C)c2c(Nc4cc(NC)nnc4C(=O)NC)cccc2-3)C1. The van der Waals surface area contributed by atoms with E-state index in [1.54, 1.807) is 38.4 Å². The Morgan fingerprint density at radius 3 is 2.46 bits per heavy atom. The fourth-order valence-corrected chi connectivity index (χ4v) is 6.89. The minimum Gasteiger partial charge on any atom is -0.372 e. The van der Waals surface area contributed by atoms with Crippen LogP contribution < -0.4 is 20.9 Å². The molecule has 3 N–H and O–H groups in total. The van der Waals surface area contributed by atoms with Crippen molar-refractivity contribution in [1.29, 1.82) is 0 Å². The average Bonchev–Trinajstić information content (AvgIpc) is 3.87. The lowest BCUT2D eigenvalue weighted by molar-refractivity contribution is -0.108. The quantitative estimate of drug-likeness (QED) is 0.167. The highest BCUT2D eigenvalue weighted by Gasteiger charge is 2.42. The Labute approximate surface area is 297 Å². The lowest BCUT2D eigenvalue weighted by atomic mass is 9.57. The number of rotatable bonds is 10. The first-order valence-electron chi connectivity index (χ1n) is 16.6. The predicted octanol–water partition coefficient (Wildman–Crippen LogP) is 3.12.